The number of hydrogen-bond donors (Lipinski definition) is 3. The largest absolute Gasteiger partial charge is 0.370 e. The van der Waals surface area contributed by atoms with Gasteiger partial charge in [0.2, 0.25) is 5.91 Å². The molecule has 0 aliphatic carbocycles. The molecule has 1 aliphatic rings. The van der Waals surface area contributed by atoms with Crippen molar-refractivity contribution >= 4 is 34.3 Å². The molecule has 0 radical (unpaired) electrons. The summed E-state index contributed by atoms with van der Waals surface area (Å²) in [6.07, 6.45) is 1.31. The van der Waals surface area contributed by atoms with Gasteiger partial charge in [0.15, 0.2) is 0 Å². The third-order valence-corrected chi connectivity index (χ3v) is 8.36. The highest BCUT2D eigenvalue weighted by Gasteiger charge is 2.38. The van der Waals surface area contributed by atoms with E-state index in [4.69, 9.17) is 10.7 Å². The van der Waals surface area contributed by atoms with E-state index < -0.39 is 11.0 Å². The molecule has 1 amide bonds. The molecular formula is C30H36N6OS. The van der Waals surface area contributed by atoms with Gasteiger partial charge >= 0.3 is 0 Å². The van der Waals surface area contributed by atoms with E-state index in [1.54, 1.807) is 18.4 Å². The van der Waals surface area contributed by atoms with Crippen LogP contribution in [0, 0.1) is 11.3 Å². The standard InChI is InChI=1S/C30H36N6OS/c1-20(2)26(24-18-38-27(35-24)21-10-12-22(13-11-21)29(3,4)19-31)34-23-8-6-7-9-25(23)36-16-14-30(33-5,15-17-36)28(32)37/h6-13,18,33-34H,14-17H2,1-5H3,(H2,32,37). The highest BCUT2D eigenvalue weighted by molar-refractivity contribution is 7.13. The Bertz CT molecular complexity index is 1370. The zero-order valence-corrected chi connectivity index (χ0v) is 23.6. The number of amides is 1. The zero-order valence-electron chi connectivity index (χ0n) is 22.8. The van der Waals surface area contributed by atoms with Crippen LogP contribution in [-0.4, -0.2) is 36.6 Å². The second-order valence-electron chi connectivity index (χ2n) is 10.6. The molecule has 0 spiro atoms. The monoisotopic (exact) mass is 528 g/mol. The van der Waals surface area contributed by atoms with Crippen molar-refractivity contribution in [2.45, 2.75) is 51.5 Å². The number of nitrogens with one attached hydrogen (secondary N) is 2. The van der Waals surface area contributed by atoms with Crippen molar-refractivity contribution in [3.63, 3.8) is 0 Å². The van der Waals surface area contributed by atoms with E-state index in [2.05, 4.69) is 53.0 Å². The number of piperidine rings is 1. The summed E-state index contributed by atoms with van der Waals surface area (Å²) in [5, 5.41) is 19.3. The molecule has 1 saturated heterocycles. The van der Waals surface area contributed by atoms with E-state index in [1.165, 1.54) is 0 Å². The van der Waals surface area contributed by atoms with Crippen LogP contribution in [0.4, 0.5) is 11.4 Å². The Balaban J connectivity index is 1.56. The summed E-state index contributed by atoms with van der Waals surface area (Å²) in [4.78, 5) is 19.3. The smallest absolute Gasteiger partial charge is 0.237 e. The molecular weight excluding hydrogens is 492 g/mol. The summed E-state index contributed by atoms with van der Waals surface area (Å²) < 4.78 is 0. The summed E-state index contributed by atoms with van der Waals surface area (Å²) in [6, 6.07) is 18.7. The van der Waals surface area contributed by atoms with Gasteiger partial charge in [-0.25, -0.2) is 4.98 Å². The molecule has 0 atom stereocenters. The number of rotatable bonds is 8. The number of thiazole rings is 1. The normalized spacial score (nSPS) is 15.0. The topological polar surface area (TPSA) is 107 Å². The Morgan fingerprint density at radius 1 is 1.13 bits per heavy atom. The Kier molecular flexibility index (Phi) is 7.91. The molecule has 4 rings (SSSR count). The molecule has 4 N–H and O–H groups in total. The molecule has 1 aromatic heterocycles. The lowest BCUT2D eigenvalue weighted by Gasteiger charge is -2.41. The summed E-state index contributed by atoms with van der Waals surface area (Å²) in [5.74, 6) is -0.291. The minimum absolute atomic E-state index is 0.291. The fourth-order valence-electron chi connectivity index (χ4n) is 4.80. The van der Waals surface area contributed by atoms with Gasteiger partial charge in [-0.2, -0.15) is 5.26 Å². The minimum atomic E-state index is -0.649. The first-order chi connectivity index (χ1) is 18.1. The lowest BCUT2D eigenvalue weighted by molar-refractivity contribution is -0.125. The third-order valence-electron chi connectivity index (χ3n) is 7.46. The maximum absolute atomic E-state index is 12.1. The minimum Gasteiger partial charge on any atom is -0.370 e. The van der Waals surface area contributed by atoms with Gasteiger partial charge in [0, 0.05) is 24.0 Å². The van der Waals surface area contributed by atoms with Crippen molar-refractivity contribution in [3.8, 4) is 16.6 Å². The zero-order chi connectivity index (χ0) is 27.5. The maximum atomic E-state index is 12.1. The quantitative estimate of drug-likeness (QED) is 0.355. The number of anilines is 2. The van der Waals surface area contributed by atoms with Crippen LogP contribution in [0.25, 0.3) is 16.3 Å². The SMILES string of the molecule is CNC1(C(N)=O)CCN(c2ccccc2NC(=C(C)C)c2csc(-c3ccc(C(C)(C)C#N)cc3)n2)CC1. The fourth-order valence-corrected chi connectivity index (χ4v) is 5.62. The number of hydrogen-bond acceptors (Lipinski definition) is 7. The number of aromatic nitrogens is 1. The molecule has 8 heteroatoms. The second kappa shape index (κ2) is 11.0. The van der Waals surface area contributed by atoms with Gasteiger partial charge in [0.25, 0.3) is 0 Å². The summed E-state index contributed by atoms with van der Waals surface area (Å²) in [6.45, 7) is 9.47. The van der Waals surface area contributed by atoms with Crippen molar-refractivity contribution in [2.75, 3.05) is 30.4 Å². The average Bonchev–Trinajstić information content (AvgIpc) is 3.41. The predicted molar refractivity (Wildman–Crippen MR) is 157 cm³/mol. The van der Waals surface area contributed by atoms with Crippen LogP contribution in [0.1, 0.15) is 51.8 Å². The van der Waals surface area contributed by atoms with Crippen molar-refractivity contribution in [3.05, 3.63) is 70.7 Å². The van der Waals surface area contributed by atoms with Gasteiger partial charge in [-0.05, 0) is 65.3 Å². The van der Waals surface area contributed by atoms with Crippen LogP contribution in [0.3, 0.4) is 0 Å². The number of para-hydroxylation sites is 2. The van der Waals surface area contributed by atoms with Gasteiger partial charge in [0.1, 0.15) is 10.5 Å². The highest BCUT2D eigenvalue weighted by atomic mass is 32.1. The van der Waals surface area contributed by atoms with E-state index in [0.717, 1.165) is 57.6 Å². The van der Waals surface area contributed by atoms with E-state index in [-0.39, 0.29) is 5.91 Å². The first-order valence-electron chi connectivity index (χ1n) is 12.9. The third kappa shape index (κ3) is 5.45. The van der Waals surface area contributed by atoms with Gasteiger partial charge in [-0.1, -0.05) is 42.0 Å². The average molecular weight is 529 g/mol. The first kappa shape index (κ1) is 27.4. The van der Waals surface area contributed by atoms with E-state index >= 15 is 0 Å². The van der Waals surface area contributed by atoms with Crippen molar-refractivity contribution in [1.82, 2.24) is 10.3 Å². The molecule has 0 saturated carbocycles. The number of carbonyl (C=O) groups excluding carboxylic acids is 1. The second-order valence-corrected chi connectivity index (χ2v) is 11.4. The molecule has 2 heterocycles. The van der Waals surface area contributed by atoms with E-state index in [1.807, 2.05) is 50.2 Å². The van der Waals surface area contributed by atoms with Gasteiger partial charge in [-0.3, -0.25) is 4.79 Å². The Morgan fingerprint density at radius 2 is 1.79 bits per heavy atom. The summed E-state index contributed by atoms with van der Waals surface area (Å²) in [5.41, 5.74) is 11.6. The lowest BCUT2D eigenvalue weighted by Crippen LogP contribution is -2.59. The Hall–Kier alpha value is -3.67. The molecule has 0 bridgehead atoms. The number of primary amides is 1. The van der Waals surface area contributed by atoms with Crippen LogP contribution >= 0.6 is 11.3 Å². The molecule has 3 aromatic rings. The maximum Gasteiger partial charge on any atom is 0.237 e. The molecule has 198 valence electrons. The number of nitrogens with zero attached hydrogens (tertiary/aromatic N) is 3. The molecule has 0 unspecified atom stereocenters. The number of nitrogens with two attached hydrogens (primary N) is 1. The molecule has 7 nitrogen and oxygen atoms in total. The van der Waals surface area contributed by atoms with Gasteiger partial charge in [0.05, 0.1) is 34.2 Å². The van der Waals surface area contributed by atoms with Crippen molar-refractivity contribution in [2.24, 2.45) is 5.73 Å². The Morgan fingerprint density at radius 3 is 2.37 bits per heavy atom. The number of nitriles is 1. The van der Waals surface area contributed by atoms with Crippen LogP contribution in [0.5, 0.6) is 0 Å². The number of benzene rings is 2. The van der Waals surface area contributed by atoms with Crippen LogP contribution in [0.15, 0.2) is 59.5 Å². The molecule has 1 fully saturated rings. The molecule has 38 heavy (non-hydrogen) atoms. The van der Waals surface area contributed by atoms with Crippen molar-refractivity contribution in [1.29, 1.82) is 5.26 Å². The van der Waals surface area contributed by atoms with Crippen LogP contribution in [0.2, 0.25) is 0 Å². The lowest BCUT2D eigenvalue weighted by atomic mass is 9.86. The van der Waals surface area contributed by atoms with Crippen LogP contribution in [-0.2, 0) is 10.2 Å². The summed E-state index contributed by atoms with van der Waals surface area (Å²) in [7, 11) is 1.81. The molecule has 1 aliphatic heterocycles. The van der Waals surface area contributed by atoms with E-state index in [0.29, 0.717) is 12.8 Å². The van der Waals surface area contributed by atoms with E-state index in [9.17, 15) is 10.1 Å². The summed E-state index contributed by atoms with van der Waals surface area (Å²) >= 11 is 1.60. The van der Waals surface area contributed by atoms with Gasteiger partial charge < -0.3 is 21.3 Å². The highest BCUT2D eigenvalue weighted by Crippen LogP contribution is 2.35. The molecule has 2 aromatic carbocycles. The van der Waals surface area contributed by atoms with Crippen molar-refractivity contribution < 1.29 is 4.79 Å². The number of likely N-dealkylation sites (N-methyl/N-ethyl adjacent to an activating group) is 1. The Labute approximate surface area is 229 Å². The number of allylic oxidation sites excluding steroid dienone is 1. The predicted octanol–water partition coefficient (Wildman–Crippen LogP) is 5.52. The fraction of sp³-hybridized carbons (Fsp3) is 0.367. The number of carbonyl (C=O) groups is 1. The van der Waals surface area contributed by atoms with Crippen LogP contribution < -0.4 is 21.3 Å². The first-order valence-corrected chi connectivity index (χ1v) is 13.7. The van der Waals surface area contributed by atoms with Gasteiger partial charge in [-0.15, -0.1) is 11.3 Å².